The summed E-state index contributed by atoms with van der Waals surface area (Å²) in [6.07, 6.45) is -2.47. The van der Waals surface area contributed by atoms with Crippen LogP contribution in [0.3, 0.4) is 0 Å². The number of nitrogens with zero attached hydrogens (tertiary/aromatic N) is 5. The number of carbonyl (C=O) groups is 1. The van der Waals surface area contributed by atoms with Crippen molar-refractivity contribution in [3.63, 3.8) is 0 Å². The summed E-state index contributed by atoms with van der Waals surface area (Å²) in [6.45, 7) is 2.29. The van der Waals surface area contributed by atoms with Crippen molar-refractivity contribution >= 4 is 17.7 Å². The van der Waals surface area contributed by atoms with Crippen molar-refractivity contribution < 1.29 is 18.0 Å². The highest BCUT2D eigenvalue weighted by atomic mass is 32.2. The Morgan fingerprint density at radius 3 is 2.67 bits per heavy atom. The van der Waals surface area contributed by atoms with E-state index in [1.54, 1.807) is 4.90 Å². The van der Waals surface area contributed by atoms with Crippen LogP contribution in [-0.2, 0) is 11.3 Å². The zero-order valence-corrected chi connectivity index (χ0v) is 12.3. The average molecular weight is 323 g/mol. The predicted molar refractivity (Wildman–Crippen MR) is 69.6 cm³/mol. The number of rotatable bonds is 4. The Morgan fingerprint density at radius 1 is 1.38 bits per heavy atom. The highest BCUT2D eigenvalue weighted by molar-refractivity contribution is 7.99. The van der Waals surface area contributed by atoms with Crippen molar-refractivity contribution in [1.29, 1.82) is 0 Å². The second-order valence-corrected chi connectivity index (χ2v) is 6.03. The van der Waals surface area contributed by atoms with Crippen molar-refractivity contribution in [1.82, 2.24) is 25.1 Å². The van der Waals surface area contributed by atoms with Gasteiger partial charge in [-0.3, -0.25) is 4.79 Å². The van der Waals surface area contributed by atoms with Gasteiger partial charge < -0.3 is 4.90 Å². The van der Waals surface area contributed by atoms with Crippen LogP contribution in [0.25, 0.3) is 0 Å². The van der Waals surface area contributed by atoms with Gasteiger partial charge in [0.2, 0.25) is 11.1 Å². The SMILES string of the molecule is CC1CCN(C(=O)CSc2nnnn2CC(F)(F)F)CC1. The van der Waals surface area contributed by atoms with E-state index in [9.17, 15) is 18.0 Å². The molecule has 0 unspecified atom stereocenters. The molecule has 0 saturated carbocycles. The number of thioether (sulfide) groups is 1. The number of hydrogen-bond donors (Lipinski definition) is 0. The molecule has 0 aliphatic carbocycles. The minimum Gasteiger partial charge on any atom is -0.342 e. The van der Waals surface area contributed by atoms with Crippen LogP contribution in [-0.4, -0.2) is 56.0 Å². The summed E-state index contributed by atoms with van der Waals surface area (Å²) in [5, 5.41) is 10.0. The van der Waals surface area contributed by atoms with Crippen LogP contribution in [0.2, 0.25) is 0 Å². The first-order valence-corrected chi connectivity index (χ1v) is 7.57. The molecule has 1 saturated heterocycles. The van der Waals surface area contributed by atoms with Crippen molar-refractivity contribution in [3.8, 4) is 0 Å². The highest BCUT2D eigenvalue weighted by Gasteiger charge is 2.30. The van der Waals surface area contributed by atoms with Crippen molar-refractivity contribution in [3.05, 3.63) is 0 Å². The maximum atomic E-state index is 12.3. The van der Waals surface area contributed by atoms with Crippen LogP contribution in [0.4, 0.5) is 13.2 Å². The molecule has 1 aliphatic heterocycles. The molecule has 2 rings (SSSR count). The van der Waals surface area contributed by atoms with E-state index in [2.05, 4.69) is 22.4 Å². The zero-order valence-electron chi connectivity index (χ0n) is 11.5. The molecule has 0 N–H and O–H groups in total. The van der Waals surface area contributed by atoms with E-state index in [0.717, 1.165) is 24.6 Å². The standard InChI is InChI=1S/C11H16F3N5OS/c1-8-2-4-18(5-3-8)9(20)6-21-10-15-16-17-19(10)7-11(12,13)14/h8H,2-7H2,1H3. The monoisotopic (exact) mass is 323 g/mol. The summed E-state index contributed by atoms with van der Waals surface area (Å²) in [4.78, 5) is 13.7. The number of carbonyl (C=O) groups excluding carboxylic acids is 1. The third-order valence-corrected chi connectivity index (χ3v) is 4.23. The summed E-state index contributed by atoms with van der Waals surface area (Å²) in [7, 11) is 0. The van der Waals surface area contributed by atoms with E-state index in [1.165, 1.54) is 0 Å². The number of piperidine rings is 1. The molecule has 0 aromatic carbocycles. The summed E-state index contributed by atoms with van der Waals surface area (Å²) in [6, 6.07) is 0. The molecule has 1 aromatic rings. The summed E-state index contributed by atoms with van der Waals surface area (Å²) in [5.74, 6) is 0.571. The van der Waals surface area contributed by atoms with Crippen LogP contribution in [0, 0.1) is 5.92 Å². The Morgan fingerprint density at radius 2 is 2.05 bits per heavy atom. The largest absolute Gasteiger partial charge is 0.408 e. The lowest BCUT2D eigenvalue weighted by atomic mass is 9.99. The summed E-state index contributed by atoms with van der Waals surface area (Å²) >= 11 is 0.933. The van der Waals surface area contributed by atoms with E-state index < -0.39 is 12.7 Å². The second-order valence-electron chi connectivity index (χ2n) is 5.09. The van der Waals surface area contributed by atoms with Crippen LogP contribution in [0.5, 0.6) is 0 Å². The van der Waals surface area contributed by atoms with Crippen molar-refractivity contribution in [2.45, 2.75) is 37.6 Å². The topological polar surface area (TPSA) is 63.9 Å². The molecular formula is C11H16F3N5OS. The predicted octanol–water partition coefficient (Wildman–Crippen LogP) is 1.59. The highest BCUT2D eigenvalue weighted by Crippen LogP contribution is 2.22. The molecule has 0 bridgehead atoms. The zero-order chi connectivity index (χ0) is 15.5. The normalized spacial score (nSPS) is 17.2. The number of alkyl halides is 3. The molecule has 1 amide bonds. The molecular weight excluding hydrogens is 307 g/mol. The van der Waals surface area contributed by atoms with Crippen LogP contribution in [0.15, 0.2) is 5.16 Å². The molecule has 10 heteroatoms. The minimum absolute atomic E-state index is 0.00560. The fourth-order valence-electron chi connectivity index (χ4n) is 2.04. The average Bonchev–Trinajstić information content (AvgIpc) is 2.82. The lowest BCUT2D eigenvalue weighted by Crippen LogP contribution is -2.39. The van der Waals surface area contributed by atoms with E-state index in [4.69, 9.17) is 0 Å². The Labute approximate surface area is 124 Å². The van der Waals surface area contributed by atoms with Gasteiger partial charge in [0.05, 0.1) is 5.75 Å². The smallest absolute Gasteiger partial charge is 0.342 e. The molecule has 6 nitrogen and oxygen atoms in total. The van der Waals surface area contributed by atoms with Gasteiger partial charge in [-0.1, -0.05) is 18.7 Å². The number of amides is 1. The Kier molecular flexibility index (Phi) is 5.07. The Hall–Kier alpha value is -1.32. The van der Waals surface area contributed by atoms with E-state index in [1.807, 2.05) is 0 Å². The molecule has 1 aliphatic rings. The summed E-state index contributed by atoms with van der Waals surface area (Å²) < 4.78 is 37.6. The molecule has 0 spiro atoms. The fraction of sp³-hybridized carbons (Fsp3) is 0.818. The van der Waals surface area contributed by atoms with Gasteiger partial charge >= 0.3 is 6.18 Å². The maximum absolute atomic E-state index is 12.3. The number of tetrazole rings is 1. The summed E-state index contributed by atoms with van der Waals surface area (Å²) in [5.41, 5.74) is 0. The first-order chi connectivity index (χ1) is 9.85. The van der Waals surface area contributed by atoms with Crippen LogP contribution in [0.1, 0.15) is 19.8 Å². The Balaban J connectivity index is 1.86. The molecule has 1 fully saturated rings. The van der Waals surface area contributed by atoms with Gasteiger partial charge in [0, 0.05) is 13.1 Å². The third-order valence-electron chi connectivity index (χ3n) is 3.29. The first kappa shape index (κ1) is 16.1. The number of likely N-dealkylation sites (tertiary alicyclic amines) is 1. The van der Waals surface area contributed by atoms with Gasteiger partial charge in [-0.05, 0) is 29.2 Å². The van der Waals surface area contributed by atoms with E-state index >= 15 is 0 Å². The second kappa shape index (κ2) is 6.63. The fourth-order valence-corrected chi connectivity index (χ4v) is 2.82. The molecule has 2 heterocycles. The molecule has 118 valence electrons. The number of aromatic nitrogens is 4. The van der Waals surface area contributed by atoms with Gasteiger partial charge in [-0.25, -0.2) is 4.68 Å². The van der Waals surface area contributed by atoms with Gasteiger partial charge in [0.15, 0.2) is 0 Å². The molecule has 21 heavy (non-hydrogen) atoms. The van der Waals surface area contributed by atoms with Crippen LogP contribution < -0.4 is 0 Å². The quantitative estimate of drug-likeness (QED) is 0.787. The van der Waals surface area contributed by atoms with Crippen molar-refractivity contribution in [2.24, 2.45) is 5.92 Å². The molecule has 0 atom stereocenters. The van der Waals surface area contributed by atoms with Gasteiger partial charge in [-0.2, -0.15) is 13.2 Å². The lowest BCUT2D eigenvalue weighted by Gasteiger charge is -2.30. The van der Waals surface area contributed by atoms with E-state index in [0.29, 0.717) is 23.7 Å². The van der Waals surface area contributed by atoms with Crippen molar-refractivity contribution in [2.75, 3.05) is 18.8 Å². The third kappa shape index (κ3) is 4.87. The molecule has 0 radical (unpaired) electrons. The first-order valence-electron chi connectivity index (χ1n) is 6.58. The number of halogens is 3. The van der Waals surface area contributed by atoms with E-state index in [-0.39, 0.29) is 16.8 Å². The number of hydrogen-bond acceptors (Lipinski definition) is 5. The maximum Gasteiger partial charge on any atom is 0.408 e. The van der Waals surface area contributed by atoms with Gasteiger partial charge in [0.25, 0.3) is 0 Å². The van der Waals surface area contributed by atoms with Gasteiger partial charge in [-0.15, -0.1) is 5.10 Å². The molecule has 1 aromatic heterocycles. The Bertz CT molecular complexity index is 484. The minimum atomic E-state index is -4.39. The van der Waals surface area contributed by atoms with Crippen LogP contribution >= 0.6 is 11.8 Å². The van der Waals surface area contributed by atoms with Gasteiger partial charge in [0.1, 0.15) is 6.54 Å². The lowest BCUT2D eigenvalue weighted by molar-refractivity contribution is -0.144.